The molecule has 0 fully saturated rings. The lowest BCUT2D eigenvalue weighted by Gasteiger charge is -2.16. The predicted molar refractivity (Wildman–Crippen MR) is 109 cm³/mol. The number of rotatable bonds is 15. The minimum Gasteiger partial charge on any atom is -0.493 e. The van der Waals surface area contributed by atoms with E-state index in [2.05, 4.69) is 13.8 Å². The third kappa shape index (κ3) is 9.66. The zero-order valence-electron chi connectivity index (χ0n) is 17.5. The monoisotopic (exact) mass is 379 g/mol. The van der Waals surface area contributed by atoms with Gasteiger partial charge in [-0.25, -0.2) is 0 Å². The van der Waals surface area contributed by atoms with Gasteiger partial charge in [0, 0.05) is 26.1 Å². The van der Waals surface area contributed by atoms with E-state index in [9.17, 15) is 4.79 Å². The quantitative estimate of drug-likeness (QED) is 0.460. The lowest BCUT2D eigenvalue weighted by molar-refractivity contribution is -0.122. The number of hydrogen-bond donors (Lipinski definition) is 1. The second-order valence-electron chi connectivity index (χ2n) is 7.52. The van der Waals surface area contributed by atoms with E-state index in [1.54, 1.807) is 14.2 Å². The summed E-state index contributed by atoms with van der Waals surface area (Å²) in [5, 5.41) is 0. The van der Waals surface area contributed by atoms with Crippen molar-refractivity contribution < 1.29 is 19.0 Å². The first-order chi connectivity index (χ1) is 13.0. The van der Waals surface area contributed by atoms with Crippen LogP contribution in [0.2, 0.25) is 0 Å². The highest BCUT2D eigenvalue weighted by atomic mass is 16.5. The third-order valence-electron chi connectivity index (χ3n) is 4.70. The van der Waals surface area contributed by atoms with Gasteiger partial charge in [-0.3, -0.25) is 4.79 Å². The van der Waals surface area contributed by atoms with Crippen LogP contribution in [0.3, 0.4) is 0 Å². The Morgan fingerprint density at radius 3 is 2.37 bits per heavy atom. The standard InChI is InChI=1S/C22H37NO4/c1-17(2)9-6-5-7-10-19(22(23)24)15-18-11-12-20(26-4)21(16-18)27-14-8-13-25-3/h11-12,16-17,19H,5-10,13-15H2,1-4H3,(H2,23,24). The largest absolute Gasteiger partial charge is 0.493 e. The molecule has 0 saturated carbocycles. The van der Waals surface area contributed by atoms with Crippen molar-refractivity contribution in [2.24, 2.45) is 17.6 Å². The van der Waals surface area contributed by atoms with Crippen molar-refractivity contribution in [3.63, 3.8) is 0 Å². The topological polar surface area (TPSA) is 70.8 Å². The van der Waals surface area contributed by atoms with Crippen molar-refractivity contribution in [1.82, 2.24) is 0 Å². The second-order valence-corrected chi connectivity index (χ2v) is 7.52. The highest BCUT2D eigenvalue weighted by Crippen LogP contribution is 2.30. The molecule has 0 spiro atoms. The fraction of sp³-hybridized carbons (Fsp3) is 0.682. The molecule has 0 aliphatic carbocycles. The minimum atomic E-state index is -0.225. The number of carbonyl (C=O) groups is 1. The van der Waals surface area contributed by atoms with Crippen LogP contribution in [0.4, 0.5) is 0 Å². The summed E-state index contributed by atoms with van der Waals surface area (Å²) < 4.78 is 16.2. The molecule has 1 aromatic rings. The number of ether oxygens (including phenoxy) is 3. The summed E-state index contributed by atoms with van der Waals surface area (Å²) in [4.78, 5) is 11.9. The Morgan fingerprint density at radius 1 is 1.00 bits per heavy atom. The van der Waals surface area contributed by atoms with Crippen molar-refractivity contribution in [2.45, 2.75) is 58.8 Å². The fourth-order valence-corrected chi connectivity index (χ4v) is 3.10. The van der Waals surface area contributed by atoms with Gasteiger partial charge in [0.2, 0.25) is 5.91 Å². The number of primary amides is 1. The van der Waals surface area contributed by atoms with Crippen molar-refractivity contribution in [3.05, 3.63) is 23.8 Å². The molecule has 0 saturated heterocycles. The average Bonchev–Trinajstić information content (AvgIpc) is 2.63. The van der Waals surface area contributed by atoms with Gasteiger partial charge >= 0.3 is 0 Å². The van der Waals surface area contributed by atoms with Crippen molar-refractivity contribution in [3.8, 4) is 11.5 Å². The van der Waals surface area contributed by atoms with Gasteiger partial charge in [-0.15, -0.1) is 0 Å². The molecule has 0 radical (unpaired) electrons. The van der Waals surface area contributed by atoms with Crippen molar-refractivity contribution in [2.75, 3.05) is 27.4 Å². The molecule has 27 heavy (non-hydrogen) atoms. The molecule has 1 aromatic carbocycles. The summed E-state index contributed by atoms with van der Waals surface area (Å²) in [5.74, 6) is 1.77. The van der Waals surface area contributed by atoms with E-state index in [1.807, 2.05) is 18.2 Å². The van der Waals surface area contributed by atoms with Crippen LogP contribution in [0, 0.1) is 11.8 Å². The first-order valence-corrected chi connectivity index (χ1v) is 10.1. The Morgan fingerprint density at radius 2 is 1.74 bits per heavy atom. The van der Waals surface area contributed by atoms with Gasteiger partial charge in [-0.2, -0.15) is 0 Å². The van der Waals surface area contributed by atoms with E-state index in [-0.39, 0.29) is 11.8 Å². The second kappa shape index (κ2) is 13.4. The zero-order chi connectivity index (χ0) is 20.1. The molecule has 0 bridgehead atoms. The predicted octanol–water partition coefficient (Wildman–Crippen LogP) is 4.36. The summed E-state index contributed by atoms with van der Waals surface area (Å²) >= 11 is 0. The van der Waals surface area contributed by atoms with Gasteiger partial charge in [-0.05, 0) is 36.5 Å². The molecule has 1 rings (SSSR count). The minimum absolute atomic E-state index is 0.140. The zero-order valence-corrected chi connectivity index (χ0v) is 17.5. The maximum atomic E-state index is 11.9. The van der Waals surface area contributed by atoms with E-state index in [0.29, 0.717) is 31.1 Å². The van der Waals surface area contributed by atoms with E-state index < -0.39 is 0 Å². The molecule has 5 nitrogen and oxygen atoms in total. The summed E-state index contributed by atoms with van der Waals surface area (Å²) in [6.07, 6.45) is 6.93. The SMILES string of the molecule is COCCCOc1cc(CC(CCCCCC(C)C)C(N)=O)ccc1OC. The number of methoxy groups -OCH3 is 2. The number of unbranched alkanes of at least 4 members (excludes halogenated alkanes) is 2. The molecule has 0 aromatic heterocycles. The molecular weight excluding hydrogens is 342 g/mol. The summed E-state index contributed by atoms with van der Waals surface area (Å²) in [5.41, 5.74) is 6.69. The highest BCUT2D eigenvalue weighted by molar-refractivity contribution is 5.77. The van der Waals surface area contributed by atoms with Crippen LogP contribution >= 0.6 is 0 Å². The summed E-state index contributed by atoms with van der Waals surface area (Å²) in [6.45, 7) is 5.70. The Balaban J connectivity index is 2.62. The lowest BCUT2D eigenvalue weighted by Crippen LogP contribution is -2.25. The van der Waals surface area contributed by atoms with Crippen LogP contribution in [0.5, 0.6) is 11.5 Å². The highest BCUT2D eigenvalue weighted by Gasteiger charge is 2.17. The molecule has 2 N–H and O–H groups in total. The number of amides is 1. The molecule has 0 aliphatic heterocycles. The molecule has 1 atom stereocenters. The Labute approximate surface area is 164 Å². The van der Waals surface area contributed by atoms with E-state index in [4.69, 9.17) is 19.9 Å². The van der Waals surface area contributed by atoms with Crippen molar-refractivity contribution >= 4 is 5.91 Å². The van der Waals surface area contributed by atoms with Crippen LogP contribution < -0.4 is 15.2 Å². The van der Waals surface area contributed by atoms with E-state index >= 15 is 0 Å². The molecule has 154 valence electrons. The number of carbonyl (C=O) groups excluding carboxylic acids is 1. The Hall–Kier alpha value is -1.75. The first-order valence-electron chi connectivity index (χ1n) is 10.1. The maximum Gasteiger partial charge on any atom is 0.220 e. The van der Waals surface area contributed by atoms with Gasteiger partial charge < -0.3 is 19.9 Å². The molecular formula is C22H37NO4. The van der Waals surface area contributed by atoms with Crippen LogP contribution in [0.1, 0.15) is 57.9 Å². The number of hydrogen-bond acceptors (Lipinski definition) is 4. The molecule has 0 heterocycles. The van der Waals surface area contributed by atoms with Crippen LogP contribution in [-0.4, -0.2) is 33.3 Å². The molecule has 5 heteroatoms. The fourth-order valence-electron chi connectivity index (χ4n) is 3.10. The summed E-state index contributed by atoms with van der Waals surface area (Å²) in [7, 11) is 3.30. The van der Waals surface area contributed by atoms with E-state index in [0.717, 1.165) is 37.2 Å². The Bertz CT molecular complexity index is 545. The Kier molecular flexibility index (Phi) is 11.6. The van der Waals surface area contributed by atoms with Crippen LogP contribution in [0.15, 0.2) is 18.2 Å². The van der Waals surface area contributed by atoms with Gasteiger partial charge in [0.05, 0.1) is 13.7 Å². The van der Waals surface area contributed by atoms with Gasteiger partial charge in [0.1, 0.15) is 0 Å². The van der Waals surface area contributed by atoms with Gasteiger partial charge in [0.15, 0.2) is 11.5 Å². The normalized spacial score (nSPS) is 12.2. The van der Waals surface area contributed by atoms with Gasteiger partial charge in [-0.1, -0.05) is 45.6 Å². The van der Waals surface area contributed by atoms with Gasteiger partial charge in [0.25, 0.3) is 0 Å². The van der Waals surface area contributed by atoms with E-state index in [1.165, 1.54) is 12.8 Å². The average molecular weight is 380 g/mol. The van der Waals surface area contributed by atoms with Crippen LogP contribution in [-0.2, 0) is 16.0 Å². The molecule has 1 unspecified atom stereocenters. The third-order valence-corrected chi connectivity index (χ3v) is 4.70. The molecule has 1 amide bonds. The number of nitrogens with two attached hydrogens (primary N) is 1. The van der Waals surface area contributed by atoms with Crippen molar-refractivity contribution in [1.29, 1.82) is 0 Å². The molecule has 0 aliphatic rings. The first kappa shape index (κ1) is 23.3. The van der Waals surface area contributed by atoms with Crippen LogP contribution in [0.25, 0.3) is 0 Å². The smallest absolute Gasteiger partial charge is 0.220 e. The number of benzene rings is 1. The summed E-state index contributed by atoms with van der Waals surface area (Å²) in [6, 6.07) is 5.83. The lowest BCUT2D eigenvalue weighted by atomic mass is 9.92. The maximum absolute atomic E-state index is 11.9.